The molecule has 0 bridgehead atoms. The van der Waals surface area contributed by atoms with Gasteiger partial charge in [0.1, 0.15) is 6.10 Å². The molecule has 1 heterocycles. The van der Waals surface area contributed by atoms with Gasteiger partial charge >= 0.3 is 0 Å². The SMILES string of the molecule is OC[C@@H]1CO[C@](CBr)(c2ccc(Cl)cc2Cl)O1. The summed E-state index contributed by atoms with van der Waals surface area (Å²) in [5, 5.41) is 10.5. The van der Waals surface area contributed by atoms with Gasteiger partial charge in [0.25, 0.3) is 0 Å². The molecule has 3 nitrogen and oxygen atoms in total. The zero-order valence-electron chi connectivity index (χ0n) is 8.83. The molecule has 0 radical (unpaired) electrons. The molecule has 17 heavy (non-hydrogen) atoms. The van der Waals surface area contributed by atoms with E-state index in [1.807, 2.05) is 0 Å². The Balaban J connectivity index is 2.35. The van der Waals surface area contributed by atoms with Crippen LogP contribution in [0.1, 0.15) is 5.56 Å². The molecule has 0 unspecified atom stereocenters. The fourth-order valence-corrected chi connectivity index (χ4v) is 2.89. The maximum absolute atomic E-state index is 9.08. The van der Waals surface area contributed by atoms with Gasteiger partial charge in [0, 0.05) is 10.6 Å². The fraction of sp³-hybridized carbons (Fsp3) is 0.455. The van der Waals surface area contributed by atoms with Crippen LogP contribution in [0.15, 0.2) is 18.2 Å². The number of hydrogen-bond donors (Lipinski definition) is 1. The summed E-state index contributed by atoms with van der Waals surface area (Å²) in [6.45, 7) is 0.251. The number of rotatable bonds is 3. The number of halogens is 3. The number of aliphatic hydroxyl groups excluding tert-OH is 1. The van der Waals surface area contributed by atoms with Crippen molar-refractivity contribution < 1.29 is 14.6 Å². The van der Waals surface area contributed by atoms with E-state index in [1.54, 1.807) is 18.2 Å². The van der Waals surface area contributed by atoms with Crippen LogP contribution >= 0.6 is 39.1 Å². The van der Waals surface area contributed by atoms with Crippen LogP contribution in [0.4, 0.5) is 0 Å². The van der Waals surface area contributed by atoms with E-state index in [4.69, 9.17) is 37.8 Å². The molecule has 0 spiro atoms. The minimum Gasteiger partial charge on any atom is -0.394 e. The van der Waals surface area contributed by atoms with E-state index in [2.05, 4.69) is 15.9 Å². The zero-order valence-corrected chi connectivity index (χ0v) is 11.9. The van der Waals surface area contributed by atoms with Crippen molar-refractivity contribution in [1.82, 2.24) is 0 Å². The predicted molar refractivity (Wildman–Crippen MR) is 69.8 cm³/mol. The summed E-state index contributed by atoms with van der Waals surface area (Å²) < 4.78 is 11.4. The lowest BCUT2D eigenvalue weighted by Crippen LogP contribution is -2.31. The lowest BCUT2D eigenvalue weighted by atomic mass is 10.1. The molecule has 1 saturated heterocycles. The summed E-state index contributed by atoms with van der Waals surface area (Å²) in [7, 11) is 0. The second kappa shape index (κ2) is 5.43. The van der Waals surface area contributed by atoms with E-state index in [9.17, 15) is 0 Å². The number of aliphatic hydroxyl groups is 1. The Labute approximate surface area is 118 Å². The molecule has 1 aromatic rings. The lowest BCUT2D eigenvalue weighted by Gasteiger charge is -2.27. The topological polar surface area (TPSA) is 38.7 Å². The van der Waals surface area contributed by atoms with Gasteiger partial charge in [-0.2, -0.15) is 0 Å². The largest absolute Gasteiger partial charge is 0.394 e. The van der Waals surface area contributed by atoms with Crippen molar-refractivity contribution in [2.75, 3.05) is 18.5 Å². The molecule has 1 aliphatic heterocycles. The van der Waals surface area contributed by atoms with E-state index in [0.717, 1.165) is 0 Å². The minimum atomic E-state index is -0.949. The molecule has 0 saturated carbocycles. The van der Waals surface area contributed by atoms with Gasteiger partial charge < -0.3 is 14.6 Å². The van der Waals surface area contributed by atoms with Crippen LogP contribution in [0.25, 0.3) is 0 Å². The van der Waals surface area contributed by atoms with Crippen LogP contribution in [-0.4, -0.2) is 29.8 Å². The molecule has 0 amide bonds. The van der Waals surface area contributed by atoms with Crippen LogP contribution in [-0.2, 0) is 15.3 Å². The number of hydrogen-bond acceptors (Lipinski definition) is 3. The summed E-state index contributed by atoms with van der Waals surface area (Å²) in [5.74, 6) is -0.949. The van der Waals surface area contributed by atoms with Gasteiger partial charge in [-0.15, -0.1) is 0 Å². The van der Waals surface area contributed by atoms with E-state index >= 15 is 0 Å². The maximum Gasteiger partial charge on any atom is 0.206 e. The highest BCUT2D eigenvalue weighted by molar-refractivity contribution is 9.09. The van der Waals surface area contributed by atoms with Crippen molar-refractivity contribution >= 4 is 39.1 Å². The fourth-order valence-electron chi connectivity index (χ4n) is 1.74. The van der Waals surface area contributed by atoms with Crippen LogP contribution in [0.2, 0.25) is 10.0 Å². The maximum atomic E-state index is 9.08. The van der Waals surface area contributed by atoms with Crippen molar-refractivity contribution in [2.45, 2.75) is 11.9 Å². The third kappa shape index (κ3) is 2.62. The molecule has 1 aliphatic rings. The van der Waals surface area contributed by atoms with Crippen molar-refractivity contribution in [3.8, 4) is 0 Å². The van der Waals surface area contributed by atoms with Gasteiger partial charge in [-0.3, -0.25) is 0 Å². The normalized spacial score (nSPS) is 28.6. The van der Waals surface area contributed by atoms with E-state index in [0.29, 0.717) is 27.5 Å². The highest BCUT2D eigenvalue weighted by Gasteiger charge is 2.43. The number of benzene rings is 1. The Kier molecular flexibility index (Phi) is 4.34. The zero-order chi connectivity index (χ0) is 12.5. The molecule has 0 aliphatic carbocycles. The van der Waals surface area contributed by atoms with Crippen molar-refractivity contribution in [3.05, 3.63) is 33.8 Å². The molecule has 6 heteroatoms. The van der Waals surface area contributed by atoms with Gasteiger partial charge in [-0.25, -0.2) is 0 Å². The highest BCUT2D eigenvalue weighted by Crippen LogP contribution is 2.40. The quantitative estimate of drug-likeness (QED) is 0.859. The Hall–Kier alpha value is 0.160. The average Bonchev–Trinajstić information content (AvgIpc) is 2.74. The van der Waals surface area contributed by atoms with Crippen molar-refractivity contribution in [1.29, 1.82) is 0 Å². The van der Waals surface area contributed by atoms with E-state index < -0.39 is 5.79 Å². The molecular formula is C11H11BrCl2O3. The number of ether oxygens (including phenoxy) is 2. The predicted octanol–water partition coefficient (Wildman–Crippen LogP) is 2.95. The monoisotopic (exact) mass is 340 g/mol. The smallest absolute Gasteiger partial charge is 0.206 e. The first-order valence-electron chi connectivity index (χ1n) is 5.05. The van der Waals surface area contributed by atoms with Gasteiger partial charge in [0.05, 0.1) is 23.6 Å². The standard InChI is InChI=1S/C11H11BrCl2O3/c12-6-11(16-5-8(4-15)17-11)9-2-1-7(13)3-10(9)14/h1-3,8,15H,4-6H2/t8-,11+/m1/s1. The van der Waals surface area contributed by atoms with Crippen molar-refractivity contribution in [3.63, 3.8) is 0 Å². The Morgan fingerprint density at radius 2 is 2.24 bits per heavy atom. The lowest BCUT2D eigenvalue weighted by molar-refractivity contribution is -0.160. The molecule has 2 atom stereocenters. The Morgan fingerprint density at radius 3 is 2.76 bits per heavy atom. The van der Waals surface area contributed by atoms with Crippen LogP contribution < -0.4 is 0 Å². The first kappa shape index (κ1) is 13.6. The van der Waals surface area contributed by atoms with Gasteiger partial charge in [-0.1, -0.05) is 45.2 Å². The Morgan fingerprint density at radius 1 is 1.47 bits per heavy atom. The summed E-state index contributed by atoms with van der Waals surface area (Å²) in [5.41, 5.74) is 0.705. The number of alkyl halides is 1. The molecule has 94 valence electrons. The van der Waals surface area contributed by atoms with Gasteiger partial charge in [-0.05, 0) is 12.1 Å². The highest BCUT2D eigenvalue weighted by atomic mass is 79.9. The third-order valence-electron chi connectivity index (χ3n) is 2.58. The first-order valence-corrected chi connectivity index (χ1v) is 6.93. The van der Waals surface area contributed by atoms with E-state index in [-0.39, 0.29) is 12.7 Å². The van der Waals surface area contributed by atoms with Crippen LogP contribution in [0.3, 0.4) is 0 Å². The molecular weight excluding hydrogens is 331 g/mol. The summed E-state index contributed by atoms with van der Waals surface area (Å²) in [6.07, 6.45) is -0.334. The van der Waals surface area contributed by atoms with Crippen LogP contribution in [0.5, 0.6) is 0 Å². The summed E-state index contributed by atoms with van der Waals surface area (Å²) >= 11 is 15.3. The average molecular weight is 342 g/mol. The second-order valence-corrected chi connectivity index (χ2v) is 5.15. The van der Waals surface area contributed by atoms with Gasteiger partial charge in [0.2, 0.25) is 5.79 Å². The Bertz CT molecular complexity index is 416. The molecule has 0 aromatic heterocycles. The van der Waals surface area contributed by atoms with E-state index in [1.165, 1.54) is 0 Å². The first-order chi connectivity index (χ1) is 8.11. The molecule has 2 rings (SSSR count). The second-order valence-electron chi connectivity index (χ2n) is 3.74. The van der Waals surface area contributed by atoms with Gasteiger partial charge in [0.15, 0.2) is 0 Å². The molecule has 1 fully saturated rings. The summed E-state index contributed by atoms with van der Waals surface area (Å²) in [6, 6.07) is 5.14. The summed E-state index contributed by atoms with van der Waals surface area (Å²) in [4.78, 5) is 0. The molecule has 1 aromatic carbocycles. The minimum absolute atomic E-state index is 0.0834. The third-order valence-corrected chi connectivity index (χ3v) is 3.87. The molecule has 1 N–H and O–H groups in total. The van der Waals surface area contributed by atoms with Crippen LogP contribution in [0, 0.1) is 0 Å². The van der Waals surface area contributed by atoms with Crippen molar-refractivity contribution in [2.24, 2.45) is 0 Å².